The predicted molar refractivity (Wildman–Crippen MR) is 130 cm³/mol. The van der Waals surface area contributed by atoms with Gasteiger partial charge in [0.15, 0.2) is 17.3 Å². The average Bonchev–Trinajstić information content (AvgIpc) is 3.33. The summed E-state index contributed by atoms with van der Waals surface area (Å²) in [5.74, 6) is 2.86. The van der Waals surface area contributed by atoms with E-state index in [1.54, 1.807) is 0 Å². The third-order valence-corrected chi connectivity index (χ3v) is 7.09. The highest BCUT2D eigenvalue weighted by Gasteiger charge is 2.39. The van der Waals surface area contributed by atoms with Crippen molar-refractivity contribution < 1.29 is 23.4 Å². The third kappa shape index (κ3) is 4.71. The molecule has 1 aliphatic carbocycles. The second kappa shape index (κ2) is 10.1. The van der Waals surface area contributed by atoms with E-state index < -0.39 is 0 Å². The molecular formula is C25H32N2O5S. The number of rotatable bonds is 9. The van der Waals surface area contributed by atoms with Gasteiger partial charge in [-0.2, -0.15) is 0 Å². The molecule has 1 aromatic heterocycles. The monoisotopic (exact) mass is 472 g/mol. The van der Waals surface area contributed by atoms with E-state index in [1.165, 1.54) is 0 Å². The molecular weight excluding hydrogens is 440 g/mol. The van der Waals surface area contributed by atoms with Crippen LogP contribution in [0.25, 0.3) is 0 Å². The van der Waals surface area contributed by atoms with Crippen molar-refractivity contribution in [1.29, 1.82) is 0 Å². The maximum absolute atomic E-state index is 13.1. The number of fused-ring (bicyclic) bond motifs is 3. The highest BCUT2D eigenvalue weighted by Crippen LogP contribution is 2.47. The Morgan fingerprint density at radius 3 is 2.42 bits per heavy atom. The van der Waals surface area contributed by atoms with E-state index in [0.717, 1.165) is 40.3 Å². The third-order valence-electron chi connectivity index (χ3n) is 5.85. The van der Waals surface area contributed by atoms with Gasteiger partial charge in [0.1, 0.15) is 5.76 Å². The van der Waals surface area contributed by atoms with Gasteiger partial charge in [-0.25, -0.2) is 0 Å². The number of carbonyl (C=O) groups excluding carboxylic acids is 1. The molecule has 2 aromatic rings. The first-order valence-electron chi connectivity index (χ1n) is 11.6. The fourth-order valence-electron chi connectivity index (χ4n) is 4.52. The molecule has 1 aliphatic heterocycles. The van der Waals surface area contributed by atoms with Gasteiger partial charge < -0.3 is 23.9 Å². The van der Waals surface area contributed by atoms with Gasteiger partial charge in [0.2, 0.25) is 5.75 Å². The highest BCUT2D eigenvalue weighted by atomic mass is 32.2. The Hall–Kier alpha value is -2.61. The molecule has 1 N–H and O–H groups in total. The van der Waals surface area contributed by atoms with Gasteiger partial charge in [-0.15, -0.1) is 11.8 Å². The lowest BCUT2D eigenvalue weighted by Gasteiger charge is -2.22. The van der Waals surface area contributed by atoms with E-state index in [9.17, 15) is 4.79 Å². The van der Waals surface area contributed by atoms with Crippen molar-refractivity contribution in [3.8, 4) is 17.2 Å². The number of nitrogens with one attached hydrogen (secondary N) is 1. The van der Waals surface area contributed by atoms with Crippen molar-refractivity contribution in [3.05, 3.63) is 40.3 Å². The van der Waals surface area contributed by atoms with Crippen LogP contribution in [0.2, 0.25) is 0 Å². The average molecular weight is 473 g/mol. The molecule has 0 bridgehead atoms. The minimum Gasteiger partial charge on any atom is -0.490 e. The number of amides is 1. The van der Waals surface area contributed by atoms with Crippen LogP contribution in [0.5, 0.6) is 17.2 Å². The smallest absolute Gasteiger partial charge is 0.287 e. The number of hydrogen-bond donors (Lipinski definition) is 1. The second-order valence-corrected chi connectivity index (χ2v) is 9.52. The summed E-state index contributed by atoms with van der Waals surface area (Å²) in [5, 5.41) is 4.55. The maximum Gasteiger partial charge on any atom is 0.287 e. The number of furan rings is 1. The molecule has 178 valence electrons. The van der Waals surface area contributed by atoms with Crippen LogP contribution < -0.4 is 19.5 Å². The number of aliphatic imine (C=N–C) groups is 1. The van der Waals surface area contributed by atoms with Crippen LogP contribution in [0.15, 0.2) is 21.5 Å². The van der Waals surface area contributed by atoms with Crippen molar-refractivity contribution in [2.24, 2.45) is 4.99 Å². The van der Waals surface area contributed by atoms with Gasteiger partial charge in [-0.05, 0) is 58.7 Å². The van der Waals surface area contributed by atoms with Gasteiger partial charge in [-0.3, -0.25) is 9.79 Å². The topological polar surface area (TPSA) is 82.3 Å². The maximum atomic E-state index is 13.1. The zero-order chi connectivity index (χ0) is 23.5. The van der Waals surface area contributed by atoms with Crippen LogP contribution >= 0.6 is 11.8 Å². The lowest BCUT2D eigenvalue weighted by Crippen LogP contribution is -2.23. The van der Waals surface area contributed by atoms with E-state index >= 15 is 0 Å². The molecule has 0 radical (unpaired) electrons. The number of nitrogens with zero attached hydrogens (tertiary/aromatic N) is 1. The quantitative estimate of drug-likeness (QED) is 0.538. The van der Waals surface area contributed by atoms with E-state index in [0.29, 0.717) is 54.6 Å². The number of thioether (sulfide) groups is 1. The van der Waals surface area contributed by atoms with Gasteiger partial charge in [0.25, 0.3) is 5.91 Å². The van der Waals surface area contributed by atoms with Crippen LogP contribution in [-0.4, -0.2) is 36.0 Å². The summed E-state index contributed by atoms with van der Waals surface area (Å²) in [5.41, 5.74) is 2.85. The molecule has 0 fully saturated rings. The Balaban J connectivity index is 1.54. The summed E-state index contributed by atoms with van der Waals surface area (Å²) in [6, 6.07) is 3.86. The van der Waals surface area contributed by atoms with Crippen molar-refractivity contribution in [2.45, 2.75) is 65.3 Å². The number of carbonyl (C=O) groups is 1. The number of ether oxygens (including phenoxy) is 3. The van der Waals surface area contributed by atoms with E-state index in [2.05, 4.69) is 12.2 Å². The highest BCUT2D eigenvalue weighted by molar-refractivity contribution is 8.14. The van der Waals surface area contributed by atoms with E-state index in [1.807, 2.05) is 51.6 Å². The molecule has 33 heavy (non-hydrogen) atoms. The van der Waals surface area contributed by atoms with Crippen LogP contribution in [0, 0.1) is 6.92 Å². The Morgan fingerprint density at radius 1 is 1.12 bits per heavy atom. The molecule has 0 unspecified atom stereocenters. The first-order valence-corrected chi connectivity index (χ1v) is 12.5. The minimum absolute atomic E-state index is 0.0951. The molecule has 2 aliphatic rings. The van der Waals surface area contributed by atoms with Crippen LogP contribution in [-0.2, 0) is 13.0 Å². The molecule has 2 heterocycles. The molecule has 2 atom stereocenters. The Morgan fingerprint density at radius 2 is 1.79 bits per heavy atom. The molecule has 0 spiro atoms. The fourth-order valence-corrected chi connectivity index (χ4v) is 5.69. The summed E-state index contributed by atoms with van der Waals surface area (Å²) in [4.78, 5) is 17.9. The fraction of sp³-hybridized carbons (Fsp3) is 0.520. The molecule has 4 rings (SSSR count). The number of aryl methyl sites for hydroxylation is 1. The molecule has 1 aromatic carbocycles. The molecule has 7 nitrogen and oxygen atoms in total. The first-order chi connectivity index (χ1) is 16.0. The van der Waals surface area contributed by atoms with Crippen LogP contribution in [0.1, 0.15) is 73.2 Å². The Kier molecular flexibility index (Phi) is 7.22. The SMILES string of the molecule is CCOc1cc(CNC(=O)c2oc3c(c2C)[C@@H]2N=C(C)S[C@@H]2CC3)cc(OCC)c1OCC. The molecule has 1 amide bonds. The largest absolute Gasteiger partial charge is 0.490 e. The van der Waals surface area contributed by atoms with Crippen molar-refractivity contribution >= 4 is 22.7 Å². The molecule has 0 saturated heterocycles. The summed E-state index contributed by atoms with van der Waals surface area (Å²) in [6.07, 6.45) is 1.86. The van der Waals surface area contributed by atoms with Gasteiger partial charge >= 0.3 is 0 Å². The van der Waals surface area contributed by atoms with E-state index in [-0.39, 0.29) is 11.9 Å². The summed E-state index contributed by atoms with van der Waals surface area (Å²) in [6.45, 7) is 11.6. The summed E-state index contributed by atoms with van der Waals surface area (Å²) >= 11 is 1.84. The summed E-state index contributed by atoms with van der Waals surface area (Å²) < 4.78 is 23.4. The standard InChI is InChI=1S/C25H32N2O5S/c1-6-29-18-11-16(12-19(30-7-2)24(18)31-8-3)13-26-25(28)23-14(4)21-17(32-23)9-10-20-22(21)27-15(5)33-20/h11-12,20,22H,6-10,13H2,1-5H3,(H,26,28)/t20-,22-/m1/s1. The number of hydrogen-bond acceptors (Lipinski definition) is 7. The van der Waals surface area contributed by atoms with E-state index in [4.69, 9.17) is 23.6 Å². The zero-order valence-corrected chi connectivity index (χ0v) is 20.8. The molecule has 0 saturated carbocycles. The zero-order valence-electron chi connectivity index (χ0n) is 19.9. The second-order valence-electron chi connectivity index (χ2n) is 8.08. The van der Waals surface area contributed by atoms with Crippen molar-refractivity contribution in [1.82, 2.24) is 5.32 Å². The lowest BCUT2D eigenvalue weighted by atomic mass is 9.90. The van der Waals surface area contributed by atoms with Gasteiger partial charge in [0.05, 0.1) is 30.9 Å². The summed E-state index contributed by atoms with van der Waals surface area (Å²) in [7, 11) is 0. The van der Waals surface area contributed by atoms with Gasteiger partial charge in [0, 0.05) is 29.3 Å². The lowest BCUT2D eigenvalue weighted by molar-refractivity contribution is 0.0920. The Bertz CT molecular complexity index is 1030. The van der Waals surface area contributed by atoms with Crippen molar-refractivity contribution in [2.75, 3.05) is 19.8 Å². The van der Waals surface area contributed by atoms with Crippen molar-refractivity contribution in [3.63, 3.8) is 0 Å². The first kappa shape index (κ1) is 23.5. The van der Waals surface area contributed by atoms with Crippen LogP contribution in [0.4, 0.5) is 0 Å². The minimum atomic E-state index is -0.227. The normalized spacial score (nSPS) is 18.9. The van der Waals surface area contributed by atoms with Crippen LogP contribution in [0.3, 0.4) is 0 Å². The number of benzene rings is 1. The Labute approximate surface area is 199 Å². The van der Waals surface area contributed by atoms with Gasteiger partial charge in [-0.1, -0.05) is 0 Å². The predicted octanol–water partition coefficient (Wildman–Crippen LogP) is 5.24. The molecule has 8 heteroatoms.